The molecule has 0 radical (unpaired) electrons. The lowest BCUT2D eigenvalue weighted by molar-refractivity contribution is -0.143. The number of aryl methyl sites for hydroxylation is 1. The molecule has 3 rings (SSSR count). The average molecular weight is 456 g/mol. The van der Waals surface area contributed by atoms with Gasteiger partial charge in [-0.05, 0) is 25.1 Å². The highest BCUT2D eigenvalue weighted by Gasteiger charge is 2.20. The van der Waals surface area contributed by atoms with Crippen molar-refractivity contribution in [1.29, 1.82) is 0 Å². The van der Waals surface area contributed by atoms with Gasteiger partial charge in [0.15, 0.2) is 0 Å². The third-order valence-electron chi connectivity index (χ3n) is 4.89. The first kappa shape index (κ1) is 23.4. The van der Waals surface area contributed by atoms with Crippen molar-refractivity contribution in [2.75, 3.05) is 20.3 Å². The number of para-hydroxylation sites is 1. The van der Waals surface area contributed by atoms with Crippen LogP contribution in [0.1, 0.15) is 24.0 Å². The predicted molar refractivity (Wildman–Crippen MR) is 122 cm³/mol. The minimum absolute atomic E-state index is 0.122. The SMILES string of the molecule is COC(=O)CC(=O)CCOC/C=C/c1cn(S(=O)(=O)c2ccc(C)cc2)c2ccccc12. The van der Waals surface area contributed by atoms with E-state index >= 15 is 0 Å². The molecule has 0 N–H and O–H groups in total. The van der Waals surface area contributed by atoms with Crippen LogP contribution in [0.3, 0.4) is 0 Å². The van der Waals surface area contributed by atoms with Gasteiger partial charge in [-0.1, -0.05) is 48.0 Å². The number of Topliss-reactive ketones (excluding diaryl/α,β-unsaturated/α-hetero) is 1. The minimum Gasteiger partial charge on any atom is -0.469 e. The molecular weight excluding hydrogens is 430 g/mol. The van der Waals surface area contributed by atoms with E-state index in [2.05, 4.69) is 4.74 Å². The molecule has 7 nitrogen and oxygen atoms in total. The molecule has 0 fully saturated rings. The van der Waals surface area contributed by atoms with Crippen LogP contribution in [0.4, 0.5) is 0 Å². The van der Waals surface area contributed by atoms with Gasteiger partial charge in [-0.2, -0.15) is 0 Å². The zero-order valence-corrected chi connectivity index (χ0v) is 18.8. The van der Waals surface area contributed by atoms with Gasteiger partial charge in [0.2, 0.25) is 0 Å². The number of esters is 1. The van der Waals surface area contributed by atoms with E-state index in [0.29, 0.717) is 5.52 Å². The first-order valence-corrected chi connectivity index (χ1v) is 11.5. The van der Waals surface area contributed by atoms with Crippen molar-refractivity contribution >= 4 is 38.8 Å². The third-order valence-corrected chi connectivity index (χ3v) is 6.58. The van der Waals surface area contributed by atoms with Crippen LogP contribution >= 0.6 is 0 Å². The minimum atomic E-state index is -3.75. The van der Waals surface area contributed by atoms with Crippen LogP contribution in [0.25, 0.3) is 17.0 Å². The molecule has 8 heteroatoms. The van der Waals surface area contributed by atoms with Crippen molar-refractivity contribution < 1.29 is 27.5 Å². The fraction of sp³-hybridized carbons (Fsp3) is 0.250. The second kappa shape index (κ2) is 10.4. The van der Waals surface area contributed by atoms with Crippen LogP contribution in [-0.4, -0.2) is 44.5 Å². The maximum Gasteiger partial charge on any atom is 0.313 e. The number of rotatable bonds is 10. The number of carbonyl (C=O) groups excluding carboxylic acids is 2. The van der Waals surface area contributed by atoms with Gasteiger partial charge in [0, 0.05) is 23.6 Å². The normalized spacial score (nSPS) is 11.8. The number of fused-ring (bicyclic) bond motifs is 1. The molecule has 168 valence electrons. The smallest absolute Gasteiger partial charge is 0.313 e. The summed E-state index contributed by atoms with van der Waals surface area (Å²) < 4.78 is 37.6. The lowest BCUT2D eigenvalue weighted by Gasteiger charge is -2.07. The van der Waals surface area contributed by atoms with Gasteiger partial charge in [-0.15, -0.1) is 0 Å². The van der Waals surface area contributed by atoms with Gasteiger partial charge in [0.05, 0.1) is 30.7 Å². The number of aromatic nitrogens is 1. The Balaban J connectivity index is 1.71. The maximum absolute atomic E-state index is 13.2. The van der Waals surface area contributed by atoms with Crippen LogP contribution in [0, 0.1) is 6.92 Å². The van der Waals surface area contributed by atoms with Gasteiger partial charge in [0.25, 0.3) is 10.0 Å². The number of carbonyl (C=O) groups is 2. The second-order valence-corrected chi connectivity index (χ2v) is 9.05. The highest BCUT2D eigenvalue weighted by Crippen LogP contribution is 2.27. The first-order chi connectivity index (χ1) is 15.3. The first-order valence-electron chi connectivity index (χ1n) is 10.1. The largest absolute Gasteiger partial charge is 0.469 e. The molecule has 3 aromatic rings. The van der Waals surface area contributed by atoms with Crippen LogP contribution in [0.5, 0.6) is 0 Å². The molecule has 1 heterocycles. The Morgan fingerprint density at radius 2 is 1.78 bits per heavy atom. The van der Waals surface area contributed by atoms with Gasteiger partial charge in [0.1, 0.15) is 12.2 Å². The summed E-state index contributed by atoms with van der Waals surface area (Å²) in [6.45, 7) is 2.33. The molecule has 0 aliphatic carbocycles. The summed E-state index contributed by atoms with van der Waals surface area (Å²) in [5.74, 6) is -0.808. The van der Waals surface area contributed by atoms with E-state index in [1.807, 2.05) is 19.1 Å². The third kappa shape index (κ3) is 5.52. The number of hydrogen-bond acceptors (Lipinski definition) is 6. The summed E-state index contributed by atoms with van der Waals surface area (Å²) >= 11 is 0. The number of methoxy groups -OCH3 is 1. The van der Waals surface area contributed by atoms with E-state index in [9.17, 15) is 18.0 Å². The van der Waals surface area contributed by atoms with Crippen molar-refractivity contribution in [2.45, 2.75) is 24.7 Å². The zero-order valence-electron chi connectivity index (χ0n) is 18.0. The Hall–Kier alpha value is -3.23. The van der Waals surface area contributed by atoms with E-state index in [4.69, 9.17) is 4.74 Å². The highest BCUT2D eigenvalue weighted by molar-refractivity contribution is 7.90. The van der Waals surface area contributed by atoms with E-state index < -0.39 is 16.0 Å². The topological polar surface area (TPSA) is 91.7 Å². The lowest BCUT2D eigenvalue weighted by atomic mass is 10.1. The number of hydrogen-bond donors (Lipinski definition) is 0. The van der Waals surface area contributed by atoms with Crippen molar-refractivity contribution in [3.8, 4) is 0 Å². The summed E-state index contributed by atoms with van der Waals surface area (Å²) in [5.41, 5.74) is 2.31. The molecule has 2 aromatic carbocycles. The van der Waals surface area contributed by atoms with Gasteiger partial charge in [-0.25, -0.2) is 12.4 Å². The molecule has 1 aromatic heterocycles. The molecule has 0 bridgehead atoms. The van der Waals surface area contributed by atoms with Gasteiger partial charge < -0.3 is 9.47 Å². The predicted octanol–water partition coefficient (Wildman–Crippen LogP) is 3.74. The fourth-order valence-electron chi connectivity index (χ4n) is 3.16. The van der Waals surface area contributed by atoms with Crippen molar-refractivity contribution in [3.05, 3.63) is 71.9 Å². The Morgan fingerprint density at radius 1 is 1.06 bits per heavy atom. The molecular formula is C24H25NO6S. The lowest BCUT2D eigenvalue weighted by Crippen LogP contribution is -2.11. The number of nitrogens with zero attached hydrogens (tertiary/aromatic N) is 1. The average Bonchev–Trinajstić information content (AvgIpc) is 3.16. The van der Waals surface area contributed by atoms with E-state index in [0.717, 1.165) is 16.5 Å². The molecule has 32 heavy (non-hydrogen) atoms. The monoisotopic (exact) mass is 455 g/mol. The summed E-state index contributed by atoms with van der Waals surface area (Å²) in [5, 5.41) is 0.799. The van der Waals surface area contributed by atoms with E-state index in [-0.39, 0.29) is 36.7 Å². The highest BCUT2D eigenvalue weighted by atomic mass is 32.2. The maximum atomic E-state index is 13.2. The molecule has 0 saturated carbocycles. The van der Waals surface area contributed by atoms with Crippen molar-refractivity contribution in [2.24, 2.45) is 0 Å². The molecule has 0 aliphatic rings. The summed E-state index contributed by atoms with van der Waals surface area (Å²) in [6.07, 6.45) is 5.01. The quantitative estimate of drug-likeness (QED) is 0.263. The van der Waals surface area contributed by atoms with E-state index in [1.165, 1.54) is 11.1 Å². The fourth-order valence-corrected chi connectivity index (χ4v) is 4.54. The summed E-state index contributed by atoms with van der Waals surface area (Å²) in [4.78, 5) is 22.9. The van der Waals surface area contributed by atoms with Crippen LogP contribution in [-0.2, 0) is 29.1 Å². The molecule has 0 atom stereocenters. The summed E-state index contributed by atoms with van der Waals surface area (Å²) in [6, 6.07) is 14.0. The standard InChI is InChI=1S/C24H25NO6S/c1-18-9-11-21(12-10-18)32(28,29)25-17-19(22-7-3-4-8-23(22)25)6-5-14-31-15-13-20(26)16-24(27)30-2/h3-12,17H,13-16H2,1-2H3/b6-5+. The Kier molecular flexibility index (Phi) is 7.61. The van der Waals surface area contributed by atoms with E-state index in [1.54, 1.807) is 54.7 Å². The number of benzene rings is 2. The second-order valence-electron chi connectivity index (χ2n) is 7.23. The molecule has 0 aliphatic heterocycles. The molecule has 0 unspecified atom stereocenters. The Bertz CT molecular complexity index is 1240. The van der Waals surface area contributed by atoms with Gasteiger partial charge in [-0.3, -0.25) is 9.59 Å². The van der Waals surface area contributed by atoms with Crippen molar-refractivity contribution in [3.63, 3.8) is 0 Å². The molecule has 0 spiro atoms. The zero-order chi connectivity index (χ0) is 23.1. The Labute approximate surface area is 187 Å². The number of ether oxygens (including phenoxy) is 2. The Morgan fingerprint density at radius 3 is 2.50 bits per heavy atom. The van der Waals surface area contributed by atoms with Crippen LogP contribution in [0.15, 0.2) is 65.7 Å². The van der Waals surface area contributed by atoms with Crippen LogP contribution < -0.4 is 0 Å². The van der Waals surface area contributed by atoms with Gasteiger partial charge >= 0.3 is 5.97 Å². The molecule has 0 amide bonds. The summed E-state index contributed by atoms with van der Waals surface area (Å²) in [7, 11) is -2.51. The van der Waals surface area contributed by atoms with Crippen LogP contribution in [0.2, 0.25) is 0 Å². The van der Waals surface area contributed by atoms with Crippen molar-refractivity contribution in [1.82, 2.24) is 3.97 Å². The number of ketones is 1. The molecule has 0 saturated heterocycles.